The van der Waals surface area contributed by atoms with Gasteiger partial charge in [0.25, 0.3) is 5.91 Å². The fraction of sp³-hybridized carbons (Fsp3) is 0.300. The minimum atomic E-state index is -3.85. The number of carbonyl (C=O) groups is 2. The molecule has 8 heteroatoms. The maximum absolute atomic E-state index is 12.6. The molecule has 7 nitrogen and oxygen atoms in total. The molecule has 0 aliphatic carbocycles. The second-order valence-electron chi connectivity index (χ2n) is 6.59. The van der Waals surface area contributed by atoms with Crippen molar-refractivity contribution in [3.8, 4) is 0 Å². The van der Waals surface area contributed by atoms with E-state index in [1.165, 1.54) is 24.1 Å². The fourth-order valence-corrected chi connectivity index (χ4v) is 3.56. The zero-order valence-corrected chi connectivity index (χ0v) is 17.1. The molecule has 0 radical (unpaired) electrons. The van der Waals surface area contributed by atoms with Crippen molar-refractivity contribution in [3.63, 3.8) is 0 Å². The Morgan fingerprint density at radius 1 is 0.964 bits per heavy atom. The Balaban J connectivity index is 2.15. The van der Waals surface area contributed by atoms with E-state index in [0.717, 1.165) is 9.87 Å². The molecule has 2 aromatic rings. The Hall–Kier alpha value is -2.71. The van der Waals surface area contributed by atoms with Gasteiger partial charge in [0.05, 0.1) is 4.90 Å². The highest BCUT2D eigenvalue weighted by atomic mass is 32.2. The van der Waals surface area contributed by atoms with Crippen molar-refractivity contribution in [1.82, 2.24) is 9.21 Å². The summed E-state index contributed by atoms with van der Waals surface area (Å²) in [4.78, 5) is 26.2. The summed E-state index contributed by atoms with van der Waals surface area (Å²) in [6.07, 6.45) is -1.14. The van der Waals surface area contributed by atoms with Crippen LogP contribution in [0.2, 0.25) is 0 Å². The van der Waals surface area contributed by atoms with Crippen molar-refractivity contribution in [2.75, 3.05) is 27.7 Å². The average Bonchev–Trinajstić information content (AvgIpc) is 2.66. The zero-order chi connectivity index (χ0) is 20.9. The largest absolute Gasteiger partial charge is 0.446 e. The Labute approximate surface area is 165 Å². The number of hydrogen-bond donors (Lipinski definition) is 0. The number of benzene rings is 2. The van der Waals surface area contributed by atoms with E-state index >= 15 is 0 Å². The zero-order valence-electron chi connectivity index (χ0n) is 16.3. The maximum atomic E-state index is 12.6. The number of sulfonamides is 1. The number of carbonyl (C=O) groups excluding carboxylic acids is 2. The summed E-state index contributed by atoms with van der Waals surface area (Å²) in [5.41, 5.74) is 1.44. The van der Waals surface area contributed by atoms with Gasteiger partial charge in [0.2, 0.25) is 16.1 Å². The van der Waals surface area contributed by atoms with Crippen LogP contribution in [0.25, 0.3) is 0 Å². The molecule has 2 aromatic carbocycles. The van der Waals surface area contributed by atoms with Crippen molar-refractivity contribution in [1.29, 1.82) is 0 Å². The van der Waals surface area contributed by atoms with Crippen LogP contribution >= 0.6 is 0 Å². The van der Waals surface area contributed by atoms with Gasteiger partial charge in [0.15, 0.2) is 0 Å². The fourth-order valence-electron chi connectivity index (χ4n) is 2.45. The van der Waals surface area contributed by atoms with Crippen LogP contribution in [-0.4, -0.2) is 57.2 Å². The topological polar surface area (TPSA) is 84.0 Å². The van der Waals surface area contributed by atoms with E-state index < -0.39 is 34.5 Å². The predicted molar refractivity (Wildman–Crippen MR) is 105 cm³/mol. The molecule has 0 bridgehead atoms. The van der Waals surface area contributed by atoms with Crippen LogP contribution in [0.3, 0.4) is 0 Å². The molecule has 0 spiro atoms. The third-order valence-corrected chi connectivity index (χ3v) is 5.92. The second kappa shape index (κ2) is 8.99. The van der Waals surface area contributed by atoms with Crippen LogP contribution in [0.15, 0.2) is 59.5 Å². The summed E-state index contributed by atoms with van der Waals surface area (Å²) in [6.45, 7) is 1.34. The lowest BCUT2D eigenvalue weighted by Gasteiger charge is -2.23. The lowest BCUT2D eigenvalue weighted by molar-refractivity contribution is -0.159. The normalized spacial score (nSPS) is 12.5. The summed E-state index contributed by atoms with van der Waals surface area (Å²) < 4.78 is 31.5. The van der Waals surface area contributed by atoms with Crippen LogP contribution in [0.4, 0.5) is 0 Å². The van der Waals surface area contributed by atoms with E-state index in [1.54, 1.807) is 56.6 Å². The number of esters is 1. The first-order valence-electron chi connectivity index (χ1n) is 8.61. The van der Waals surface area contributed by atoms with Crippen molar-refractivity contribution >= 4 is 21.9 Å². The van der Waals surface area contributed by atoms with E-state index in [1.807, 2.05) is 6.92 Å². The van der Waals surface area contributed by atoms with Crippen molar-refractivity contribution < 1.29 is 22.7 Å². The van der Waals surface area contributed by atoms with Crippen LogP contribution in [-0.2, 0) is 24.3 Å². The highest BCUT2D eigenvalue weighted by molar-refractivity contribution is 7.89. The minimum absolute atomic E-state index is 0.0809. The number of hydrogen-bond acceptors (Lipinski definition) is 5. The Morgan fingerprint density at radius 2 is 1.54 bits per heavy atom. The summed E-state index contributed by atoms with van der Waals surface area (Å²) in [6, 6.07) is 14.9. The molecule has 0 N–H and O–H groups in total. The second-order valence-corrected chi connectivity index (χ2v) is 8.63. The van der Waals surface area contributed by atoms with Gasteiger partial charge in [0, 0.05) is 26.7 Å². The van der Waals surface area contributed by atoms with Gasteiger partial charge >= 0.3 is 5.97 Å². The smallest absolute Gasteiger partial charge is 0.322 e. The van der Waals surface area contributed by atoms with Crippen LogP contribution in [0, 0.1) is 6.92 Å². The van der Waals surface area contributed by atoms with Crippen molar-refractivity contribution in [3.05, 3.63) is 65.7 Å². The van der Waals surface area contributed by atoms with Gasteiger partial charge in [0.1, 0.15) is 6.54 Å². The van der Waals surface area contributed by atoms with Gasteiger partial charge in [-0.1, -0.05) is 48.0 Å². The molecule has 150 valence electrons. The molecule has 1 atom stereocenters. The predicted octanol–water partition coefficient (Wildman–Crippen LogP) is 1.99. The number of rotatable bonds is 7. The van der Waals surface area contributed by atoms with Gasteiger partial charge in [-0.3, -0.25) is 9.59 Å². The first-order chi connectivity index (χ1) is 13.1. The van der Waals surface area contributed by atoms with E-state index in [4.69, 9.17) is 4.74 Å². The van der Waals surface area contributed by atoms with Gasteiger partial charge < -0.3 is 9.64 Å². The molecule has 0 fully saturated rings. The van der Waals surface area contributed by atoms with Gasteiger partial charge in [-0.05, 0) is 19.1 Å². The number of nitrogens with zero attached hydrogens (tertiary/aromatic N) is 2. The van der Waals surface area contributed by atoms with E-state index in [9.17, 15) is 18.0 Å². The summed E-state index contributed by atoms with van der Waals surface area (Å²) in [5, 5.41) is 0. The molecule has 0 aliphatic heterocycles. The Morgan fingerprint density at radius 3 is 2.07 bits per heavy atom. The van der Waals surface area contributed by atoms with Gasteiger partial charge in [-0.15, -0.1) is 0 Å². The number of amides is 1. The monoisotopic (exact) mass is 404 g/mol. The molecule has 0 aliphatic rings. The average molecular weight is 404 g/mol. The highest BCUT2D eigenvalue weighted by Crippen LogP contribution is 2.21. The lowest BCUT2D eigenvalue weighted by Crippen LogP contribution is -2.36. The molecule has 0 saturated carbocycles. The molecular formula is C20H24N2O5S. The van der Waals surface area contributed by atoms with Crippen molar-refractivity contribution in [2.45, 2.75) is 17.9 Å². The maximum Gasteiger partial charge on any atom is 0.322 e. The molecule has 28 heavy (non-hydrogen) atoms. The first kappa shape index (κ1) is 21.6. The summed E-state index contributed by atoms with van der Waals surface area (Å²) in [7, 11) is 0.554. The molecular weight excluding hydrogens is 380 g/mol. The van der Waals surface area contributed by atoms with Crippen LogP contribution < -0.4 is 0 Å². The van der Waals surface area contributed by atoms with Gasteiger partial charge in [-0.2, -0.15) is 4.31 Å². The quantitative estimate of drug-likeness (QED) is 0.659. The SMILES string of the molecule is Cc1ccc(S(=O)(=O)N(C)CC(=O)O[C@@H](C(=O)N(C)C)c2ccccc2)cc1. The lowest BCUT2D eigenvalue weighted by atomic mass is 10.1. The first-order valence-corrected chi connectivity index (χ1v) is 10.1. The Kier molecular flexibility index (Phi) is 6.93. The van der Waals surface area contributed by atoms with E-state index in [0.29, 0.717) is 5.56 Å². The van der Waals surface area contributed by atoms with Crippen LogP contribution in [0.5, 0.6) is 0 Å². The summed E-state index contributed by atoms with van der Waals surface area (Å²) >= 11 is 0. The third kappa shape index (κ3) is 5.17. The molecule has 2 rings (SSSR count). The van der Waals surface area contributed by atoms with Crippen LogP contribution in [0.1, 0.15) is 17.2 Å². The van der Waals surface area contributed by atoms with E-state index in [2.05, 4.69) is 0 Å². The number of likely N-dealkylation sites (N-methyl/N-ethyl adjacent to an activating group) is 2. The molecule has 0 saturated heterocycles. The molecule has 0 unspecified atom stereocenters. The van der Waals surface area contributed by atoms with E-state index in [-0.39, 0.29) is 4.90 Å². The molecule has 1 amide bonds. The number of ether oxygens (including phenoxy) is 1. The van der Waals surface area contributed by atoms with Crippen molar-refractivity contribution in [2.24, 2.45) is 0 Å². The minimum Gasteiger partial charge on any atom is -0.446 e. The van der Waals surface area contributed by atoms with Gasteiger partial charge in [-0.25, -0.2) is 8.42 Å². The third-order valence-electron chi connectivity index (χ3n) is 4.10. The Bertz CT molecular complexity index is 925. The summed E-state index contributed by atoms with van der Waals surface area (Å²) in [5.74, 6) is -1.23. The molecule has 0 heterocycles. The standard InChI is InChI=1S/C20H24N2O5S/c1-15-10-12-17(13-11-15)28(25,26)22(4)14-18(23)27-19(20(24)21(2)3)16-8-6-5-7-9-16/h5-13,19H,14H2,1-4H3/t19-/m1/s1. The number of aryl methyl sites for hydroxylation is 1. The highest BCUT2D eigenvalue weighted by Gasteiger charge is 2.29. The molecule has 0 aromatic heterocycles.